The van der Waals surface area contributed by atoms with Crippen LogP contribution >= 0.6 is 0 Å². The molecule has 1 saturated heterocycles. The van der Waals surface area contributed by atoms with Crippen molar-refractivity contribution in [3.05, 3.63) is 81.9 Å². The molecule has 1 saturated carbocycles. The zero-order valence-corrected chi connectivity index (χ0v) is 22.7. The predicted molar refractivity (Wildman–Crippen MR) is 146 cm³/mol. The molecule has 0 bridgehead atoms. The zero-order chi connectivity index (χ0) is 28.0. The number of hydrogen-bond acceptors (Lipinski definition) is 5. The van der Waals surface area contributed by atoms with E-state index < -0.39 is 17.3 Å². The molecule has 210 valence electrons. The number of rotatable bonds is 6. The first-order valence-electron chi connectivity index (χ1n) is 14.0. The molecule has 0 radical (unpaired) electrons. The van der Waals surface area contributed by atoms with E-state index in [0.29, 0.717) is 29.5 Å². The summed E-state index contributed by atoms with van der Waals surface area (Å²) in [5, 5.41) is 8.45. The van der Waals surface area contributed by atoms with Crippen molar-refractivity contribution in [3.63, 3.8) is 0 Å². The summed E-state index contributed by atoms with van der Waals surface area (Å²) in [5.41, 5.74) is 0.573. The van der Waals surface area contributed by atoms with Crippen molar-refractivity contribution in [2.24, 2.45) is 18.9 Å². The van der Waals surface area contributed by atoms with Gasteiger partial charge in [0.1, 0.15) is 12.2 Å². The molecule has 1 aliphatic carbocycles. The molecule has 0 spiro atoms. The van der Waals surface area contributed by atoms with Gasteiger partial charge in [-0.15, -0.1) is 10.2 Å². The van der Waals surface area contributed by atoms with Gasteiger partial charge in [-0.25, -0.2) is 4.98 Å². The second-order valence-electron chi connectivity index (χ2n) is 11.5. The maximum atomic E-state index is 14.1. The lowest BCUT2D eigenvalue weighted by atomic mass is 9.72. The van der Waals surface area contributed by atoms with Gasteiger partial charge in [-0.2, -0.15) is 13.2 Å². The first-order chi connectivity index (χ1) is 19.2. The van der Waals surface area contributed by atoms with Crippen LogP contribution in [0.25, 0.3) is 16.8 Å². The van der Waals surface area contributed by atoms with Gasteiger partial charge in [-0.1, -0.05) is 37.6 Å². The molecule has 0 amide bonds. The van der Waals surface area contributed by atoms with Crippen LogP contribution < -0.4 is 5.56 Å². The van der Waals surface area contributed by atoms with E-state index in [-0.39, 0.29) is 17.1 Å². The van der Waals surface area contributed by atoms with Gasteiger partial charge in [0.25, 0.3) is 5.56 Å². The number of benzene rings is 1. The van der Waals surface area contributed by atoms with Gasteiger partial charge in [0, 0.05) is 38.4 Å². The molecule has 4 aromatic rings. The van der Waals surface area contributed by atoms with Crippen molar-refractivity contribution in [1.29, 1.82) is 0 Å². The molecule has 2 fully saturated rings. The topological polar surface area (TPSA) is 68.3 Å². The molecule has 10 heteroatoms. The summed E-state index contributed by atoms with van der Waals surface area (Å²) in [6, 6.07) is 8.81. The zero-order valence-electron chi connectivity index (χ0n) is 22.7. The van der Waals surface area contributed by atoms with E-state index in [9.17, 15) is 18.0 Å². The average Bonchev–Trinajstić information content (AvgIpc) is 3.31. The molecule has 1 aliphatic heterocycles. The number of halogens is 3. The fraction of sp³-hybridized carbons (Fsp3) is 0.467. The summed E-state index contributed by atoms with van der Waals surface area (Å²) >= 11 is 0. The first-order valence-corrected chi connectivity index (χ1v) is 14.0. The van der Waals surface area contributed by atoms with Crippen molar-refractivity contribution in [1.82, 2.24) is 29.0 Å². The molecular weight excluding hydrogens is 517 g/mol. The van der Waals surface area contributed by atoms with Gasteiger partial charge in [0.15, 0.2) is 5.65 Å². The molecule has 0 N–H and O–H groups in total. The van der Waals surface area contributed by atoms with E-state index in [0.717, 1.165) is 67.0 Å². The molecule has 3 aromatic heterocycles. The number of aryl methyl sites for hydroxylation is 1. The third-order valence-electron chi connectivity index (χ3n) is 8.51. The van der Waals surface area contributed by atoms with Crippen LogP contribution in [-0.4, -0.2) is 42.1 Å². The number of alkyl halides is 3. The first kappa shape index (κ1) is 26.7. The fourth-order valence-electron chi connectivity index (χ4n) is 6.30. The third-order valence-corrected chi connectivity index (χ3v) is 8.51. The molecule has 2 aliphatic rings. The Morgan fingerprint density at radius 3 is 2.62 bits per heavy atom. The molecule has 4 heterocycles. The van der Waals surface area contributed by atoms with Crippen molar-refractivity contribution < 1.29 is 13.2 Å². The van der Waals surface area contributed by atoms with E-state index in [1.165, 1.54) is 12.4 Å². The SMILES string of the molecule is C[C@H]1CCCN(Cc2cc(C(F)(F)F)c3ncc(-c4cccc(C(c5nncn5C)C5CCC5)c4)c(=O)n3c2)C1. The van der Waals surface area contributed by atoms with E-state index in [2.05, 4.69) is 27.0 Å². The number of aromatic nitrogens is 5. The fourth-order valence-corrected chi connectivity index (χ4v) is 6.30. The number of pyridine rings is 1. The van der Waals surface area contributed by atoms with E-state index in [4.69, 9.17) is 0 Å². The number of nitrogens with zero attached hydrogens (tertiary/aromatic N) is 6. The van der Waals surface area contributed by atoms with E-state index in [1.54, 1.807) is 6.33 Å². The molecule has 1 unspecified atom stereocenters. The van der Waals surface area contributed by atoms with E-state index >= 15 is 0 Å². The quantitative estimate of drug-likeness (QED) is 0.309. The lowest BCUT2D eigenvalue weighted by molar-refractivity contribution is -0.136. The number of hydrogen-bond donors (Lipinski definition) is 0. The molecular formula is C30H33F3N6O. The van der Waals surface area contributed by atoms with Crippen LogP contribution in [0.15, 0.2) is 53.8 Å². The van der Waals surface area contributed by atoms with Crippen LogP contribution in [0.3, 0.4) is 0 Å². The highest BCUT2D eigenvalue weighted by Crippen LogP contribution is 2.43. The average molecular weight is 551 g/mol. The molecule has 2 atom stereocenters. The standard InChI is InChI=1S/C30H33F3N6O/c1-19-6-5-11-38(15-19)16-20-12-25(30(31,32)33)27-34-14-24(29(40)39(27)17-20)22-9-4-10-23(13-22)26(21-7-3-8-21)28-36-35-18-37(28)2/h4,9-10,12-14,17-19,21,26H,3,5-8,11,15-16H2,1-2H3/t19-,26?/m0/s1. The maximum Gasteiger partial charge on any atom is 0.419 e. The second-order valence-corrected chi connectivity index (χ2v) is 11.5. The van der Waals surface area contributed by atoms with Crippen molar-refractivity contribution in [3.8, 4) is 11.1 Å². The molecule has 1 aromatic carbocycles. The van der Waals surface area contributed by atoms with Gasteiger partial charge in [-0.05, 0) is 66.8 Å². The lowest BCUT2D eigenvalue weighted by Crippen LogP contribution is -2.34. The monoisotopic (exact) mass is 550 g/mol. The predicted octanol–water partition coefficient (Wildman–Crippen LogP) is 5.67. The Bertz CT molecular complexity index is 1590. The molecule has 6 rings (SSSR count). The highest BCUT2D eigenvalue weighted by molar-refractivity contribution is 5.65. The van der Waals surface area contributed by atoms with Crippen molar-refractivity contribution in [2.75, 3.05) is 13.1 Å². The normalized spacial score (nSPS) is 19.6. The largest absolute Gasteiger partial charge is 0.419 e. The maximum absolute atomic E-state index is 14.1. The summed E-state index contributed by atoms with van der Waals surface area (Å²) in [4.78, 5) is 20.1. The Morgan fingerprint density at radius 1 is 1.12 bits per heavy atom. The Balaban J connectivity index is 1.43. The number of likely N-dealkylation sites (tertiary alicyclic amines) is 1. The minimum absolute atomic E-state index is 0.0211. The second kappa shape index (κ2) is 10.5. The van der Waals surface area contributed by atoms with Crippen LogP contribution in [-0.2, 0) is 19.8 Å². The highest BCUT2D eigenvalue weighted by Gasteiger charge is 2.35. The van der Waals surface area contributed by atoms with Crippen LogP contribution in [0.4, 0.5) is 13.2 Å². The molecule has 7 nitrogen and oxygen atoms in total. The van der Waals surface area contributed by atoms with Crippen LogP contribution in [0.1, 0.15) is 67.5 Å². The van der Waals surface area contributed by atoms with Gasteiger partial charge in [0.2, 0.25) is 0 Å². The number of fused-ring (bicyclic) bond motifs is 1. The summed E-state index contributed by atoms with van der Waals surface area (Å²) in [7, 11) is 1.92. The number of piperidine rings is 1. The summed E-state index contributed by atoms with van der Waals surface area (Å²) in [5.74, 6) is 1.79. The Kier molecular flexibility index (Phi) is 6.98. The van der Waals surface area contributed by atoms with Crippen molar-refractivity contribution in [2.45, 2.75) is 57.7 Å². The van der Waals surface area contributed by atoms with Crippen LogP contribution in [0, 0.1) is 11.8 Å². The minimum atomic E-state index is -4.64. The third kappa shape index (κ3) is 5.05. The lowest BCUT2D eigenvalue weighted by Gasteiger charge is -2.33. The Hall–Kier alpha value is -3.53. The molecule has 40 heavy (non-hydrogen) atoms. The van der Waals surface area contributed by atoms with Gasteiger partial charge < -0.3 is 4.57 Å². The van der Waals surface area contributed by atoms with Crippen LogP contribution in [0.2, 0.25) is 0 Å². The Labute approximate surface area is 230 Å². The summed E-state index contributed by atoms with van der Waals surface area (Å²) in [6.45, 7) is 4.17. The summed E-state index contributed by atoms with van der Waals surface area (Å²) in [6.07, 6.45) is 5.32. The highest BCUT2D eigenvalue weighted by atomic mass is 19.4. The summed E-state index contributed by atoms with van der Waals surface area (Å²) < 4.78 is 45.4. The Morgan fingerprint density at radius 2 is 1.95 bits per heavy atom. The smallest absolute Gasteiger partial charge is 0.320 e. The minimum Gasteiger partial charge on any atom is -0.320 e. The van der Waals surface area contributed by atoms with Crippen LogP contribution in [0.5, 0.6) is 0 Å². The van der Waals surface area contributed by atoms with Crippen molar-refractivity contribution >= 4 is 5.65 Å². The van der Waals surface area contributed by atoms with Gasteiger partial charge in [-0.3, -0.25) is 14.1 Å². The van der Waals surface area contributed by atoms with E-state index in [1.807, 2.05) is 35.9 Å². The van der Waals surface area contributed by atoms with Gasteiger partial charge >= 0.3 is 6.18 Å². The van der Waals surface area contributed by atoms with Gasteiger partial charge in [0.05, 0.1) is 11.1 Å².